The van der Waals surface area contributed by atoms with Gasteiger partial charge in [-0.1, -0.05) is 5.21 Å². The van der Waals surface area contributed by atoms with Crippen molar-refractivity contribution in [1.29, 1.82) is 0 Å². The van der Waals surface area contributed by atoms with Gasteiger partial charge in [-0.25, -0.2) is 4.79 Å². The molecule has 0 saturated carbocycles. The smallest absolute Gasteiger partial charge is 0.407 e. The second kappa shape index (κ2) is 6.51. The van der Waals surface area contributed by atoms with Crippen molar-refractivity contribution >= 4 is 6.09 Å². The molecule has 0 aliphatic carbocycles. The standard InChI is InChI=1S/C12H23N5O2/c1-9(6-14-11(18)19-12(2,3)4)13-7-10-8-17(5)16-15-10/h8-9,13H,6-7H2,1-5H3,(H,14,18). The predicted octanol–water partition coefficient (Wildman–Crippen LogP) is 0.818. The highest BCUT2D eigenvalue weighted by atomic mass is 16.6. The SMILES string of the molecule is CC(CNC(=O)OC(C)(C)C)NCc1cn(C)nn1. The van der Waals surface area contributed by atoms with Crippen LogP contribution in [-0.4, -0.2) is 39.3 Å². The average molecular weight is 269 g/mol. The number of hydrogen-bond acceptors (Lipinski definition) is 5. The predicted molar refractivity (Wildman–Crippen MR) is 71.5 cm³/mol. The van der Waals surface area contributed by atoms with Crippen LogP contribution in [0.5, 0.6) is 0 Å². The number of nitrogens with zero attached hydrogens (tertiary/aromatic N) is 3. The van der Waals surface area contributed by atoms with Gasteiger partial charge in [0.25, 0.3) is 0 Å². The first-order valence-corrected chi connectivity index (χ1v) is 6.32. The Balaban J connectivity index is 2.21. The lowest BCUT2D eigenvalue weighted by atomic mass is 10.2. The van der Waals surface area contributed by atoms with Gasteiger partial charge >= 0.3 is 6.09 Å². The first-order valence-electron chi connectivity index (χ1n) is 6.32. The van der Waals surface area contributed by atoms with Gasteiger partial charge in [-0.2, -0.15) is 0 Å². The van der Waals surface area contributed by atoms with Crippen LogP contribution in [0.3, 0.4) is 0 Å². The molecule has 1 atom stereocenters. The Kier molecular flexibility index (Phi) is 5.29. The normalized spacial score (nSPS) is 13.1. The molecular formula is C12H23N5O2. The average Bonchev–Trinajstić information content (AvgIpc) is 2.67. The zero-order valence-corrected chi connectivity index (χ0v) is 12.2. The third-order valence-electron chi connectivity index (χ3n) is 2.23. The molecule has 0 spiro atoms. The van der Waals surface area contributed by atoms with Gasteiger partial charge in [-0.3, -0.25) is 4.68 Å². The van der Waals surface area contributed by atoms with Gasteiger partial charge in [-0.15, -0.1) is 5.10 Å². The molecule has 1 rings (SSSR count). The van der Waals surface area contributed by atoms with E-state index in [-0.39, 0.29) is 6.04 Å². The summed E-state index contributed by atoms with van der Waals surface area (Å²) < 4.78 is 6.80. The van der Waals surface area contributed by atoms with E-state index in [0.29, 0.717) is 13.1 Å². The van der Waals surface area contributed by atoms with E-state index in [1.54, 1.807) is 4.68 Å². The number of nitrogens with one attached hydrogen (secondary N) is 2. The van der Waals surface area contributed by atoms with Crippen LogP contribution in [0.25, 0.3) is 0 Å². The lowest BCUT2D eigenvalue weighted by Crippen LogP contribution is -2.41. The maximum atomic E-state index is 11.5. The van der Waals surface area contributed by atoms with Crippen LogP contribution in [0, 0.1) is 0 Å². The van der Waals surface area contributed by atoms with E-state index in [9.17, 15) is 4.79 Å². The molecule has 1 aromatic heterocycles. The van der Waals surface area contributed by atoms with E-state index in [1.807, 2.05) is 40.9 Å². The summed E-state index contributed by atoms with van der Waals surface area (Å²) >= 11 is 0. The first-order chi connectivity index (χ1) is 8.76. The van der Waals surface area contributed by atoms with E-state index in [0.717, 1.165) is 5.69 Å². The fourth-order valence-corrected chi connectivity index (χ4v) is 1.38. The minimum absolute atomic E-state index is 0.120. The topological polar surface area (TPSA) is 81.1 Å². The van der Waals surface area contributed by atoms with Crippen molar-refractivity contribution < 1.29 is 9.53 Å². The van der Waals surface area contributed by atoms with Crippen LogP contribution in [0.1, 0.15) is 33.4 Å². The van der Waals surface area contributed by atoms with Crippen LogP contribution in [0.2, 0.25) is 0 Å². The number of carbonyl (C=O) groups excluding carboxylic acids is 1. The summed E-state index contributed by atoms with van der Waals surface area (Å²) in [7, 11) is 1.82. The van der Waals surface area contributed by atoms with Gasteiger partial charge < -0.3 is 15.4 Å². The summed E-state index contributed by atoms with van der Waals surface area (Å²) in [6.07, 6.45) is 1.45. The molecule has 0 saturated heterocycles. The zero-order valence-electron chi connectivity index (χ0n) is 12.2. The Bertz CT molecular complexity index is 410. The van der Waals surface area contributed by atoms with Crippen LogP contribution in [0.4, 0.5) is 4.79 Å². The van der Waals surface area contributed by atoms with E-state index in [1.165, 1.54) is 0 Å². The highest BCUT2D eigenvalue weighted by molar-refractivity contribution is 5.67. The maximum absolute atomic E-state index is 11.5. The Morgan fingerprint density at radius 3 is 2.74 bits per heavy atom. The second-order valence-corrected chi connectivity index (χ2v) is 5.55. The number of hydrogen-bond donors (Lipinski definition) is 2. The fourth-order valence-electron chi connectivity index (χ4n) is 1.38. The van der Waals surface area contributed by atoms with Crippen LogP contribution < -0.4 is 10.6 Å². The highest BCUT2D eigenvalue weighted by Gasteiger charge is 2.16. The van der Waals surface area contributed by atoms with Gasteiger partial charge in [0.1, 0.15) is 5.60 Å². The Labute approximate surface area is 113 Å². The number of aryl methyl sites for hydroxylation is 1. The lowest BCUT2D eigenvalue weighted by Gasteiger charge is -2.21. The van der Waals surface area contributed by atoms with E-state index in [2.05, 4.69) is 20.9 Å². The van der Waals surface area contributed by atoms with Crippen molar-refractivity contribution in [2.45, 2.75) is 45.9 Å². The van der Waals surface area contributed by atoms with Gasteiger partial charge in [0.2, 0.25) is 0 Å². The minimum atomic E-state index is -0.472. The highest BCUT2D eigenvalue weighted by Crippen LogP contribution is 2.06. The molecule has 7 nitrogen and oxygen atoms in total. The first kappa shape index (κ1) is 15.4. The van der Waals surface area contributed by atoms with E-state index < -0.39 is 11.7 Å². The Hall–Kier alpha value is -1.63. The molecule has 0 radical (unpaired) electrons. The van der Waals surface area contributed by atoms with Gasteiger partial charge in [0, 0.05) is 32.4 Å². The molecule has 0 aliphatic heterocycles. The number of rotatable bonds is 5. The number of alkyl carbamates (subject to hydrolysis) is 1. The molecule has 0 bridgehead atoms. The fraction of sp³-hybridized carbons (Fsp3) is 0.750. The zero-order chi connectivity index (χ0) is 14.5. The van der Waals surface area contributed by atoms with Crippen LogP contribution in [0.15, 0.2) is 6.20 Å². The maximum Gasteiger partial charge on any atom is 0.407 e. The van der Waals surface area contributed by atoms with Crippen LogP contribution in [-0.2, 0) is 18.3 Å². The van der Waals surface area contributed by atoms with E-state index in [4.69, 9.17) is 4.74 Å². The molecule has 2 N–H and O–H groups in total. The lowest BCUT2D eigenvalue weighted by molar-refractivity contribution is 0.0523. The number of ether oxygens (including phenoxy) is 1. The third-order valence-corrected chi connectivity index (χ3v) is 2.23. The summed E-state index contributed by atoms with van der Waals surface area (Å²) in [6.45, 7) is 8.60. The van der Waals surface area contributed by atoms with E-state index >= 15 is 0 Å². The molecule has 7 heteroatoms. The monoisotopic (exact) mass is 269 g/mol. The molecular weight excluding hydrogens is 246 g/mol. The molecule has 0 fully saturated rings. The van der Waals surface area contributed by atoms with Crippen molar-refractivity contribution in [2.24, 2.45) is 7.05 Å². The molecule has 0 aliphatic rings. The molecule has 0 aromatic carbocycles. The van der Waals surface area contributed by atoms with Crippen molar-refractivity contribution in [1.82, 2.24) is 25.6 Å². The Morgan fingerprint density at radius 1 is 1.53 bits per heavy atom. The number of carbonyl (C=O) groups is 1. The molecule has 108 valence electrons. The van der Waals surface area contributed by atoms with Crippen molar-refractivity contribution in [3.05, 3.63) is 11.9 Å². The van der Waals surface area contributed by atoms with Crippen LogP contribution >= 0.6 is 0 Å². The third kappa shape index (κ3) is 6.76. The van der Waals surface area contributed by atoms with Crippen molar-refractivity contribution in [2.75, 3.05) is 6.54 Å². The Morgan fingerprint density at radius 2 is 2.21 bits per heavy atom. The van der Waals surface area contributed by atoms with Crippen molar-refractivity contribution in [3.63, 3.8) is 0 Å². The number of aromatic nitrogens is 3. The van der Waals surface area contributed by atoms with Gasteiger partial charge in [0.05, 0.1) is 5.69 Å². The summed E-state index contributed by atoms with van der Waals surface area (Å²) in [4.78, 5) is 11.5. The molecule has 1 unspecified atom stereocenters. The second-order valence-electron chi connectivity index (χ2n) is 5.55. The van der Waals surface area contributed by atoms with Crippen molar-refractivity contribution in [3.8, 4) is 0 Å². The molecule has 1 aromatic rings. The minimum Gasteiger partial charge on any atom is -0.444 e. The summed E-state index contributed by atoms with van der Waals surface area (Å²) in [6, 6.07) is 0.120. The quantitative estimate of drug-likeness (QED) is 0.827. The molecule has 1 amide bonds. The number of amides is 1. The van der Waals surface area contributed by atoms with Gasteiger partial charge in [-0.05, 0) is 27.7 Å². The summed E-state index contributed by atoms with van der Waals surface area (Å²) in [5.41, 5.74) is 0.395. The summed E-state index contributed by atoms with van der Waals surface area (Å²) in [5.74, 6) is 0. The molecule has 19 heavy (non-hydrogen) atoms. The molecule has 1 heterocycles. The largest absolute Gasteiger partial charge is 0.444 e. The summed E-state index contributed by atoms with van der Waals surface area (Å²) in [5, 5.41) is 13.8. The van der Waals surface area contributed by atoms with Gasteiger partial charge in [0.15, 0.2) is 0 Å².